The zero-order valence-electron chi connectivity index (χ0n) is 17.1. The summed E-state index contributed by atoms with van der Waals surface area (Å²) in [7, 11) is 0. The topological polar surface area (TPSA) is 47.0 Å². The number of aromatic amines is 1. The lowest BCUT2D eigenvalue weighted by Gasteiger charge is -2.19. The van der Waals surface area contributed by atoms with Crippen molar-refractivity contribution in [3.63, 3.8) is 0 Å². The molecule has 4 aromatic rings. The van der Waals surface area contributed by atoms with Crippen LogP contribution < -0.4 is 10.4 Å². The van der Waals surface area contributed by atoms with Crippen LogP contribution in [0, 0.1) is 0 Å². The monoisotopic (exact) mass is 386 g/mol. The van der Waals surface area contributed by atoms with Gasteiger partial charge in [-0.15, -0.1) is 0 Å². The highest BCUT2D eigenvalue weighted by molar-refractivity contribution is 5.82. The van der Waals surface area contributed by atoms with Crippen LogP contribution in [-0.2, 0) is 12.0 Å². The third-order valence-corrected chi connectivity index (χ3v) is 5.19. The van der Waals surface area contributed by atoms with E-state index in [4.69, 9.17) is 4.74 Å². The second-order valence-corrected chi connectivity index (χ2v) is 8.30. The van der Waals surface area contributed by atoms with Crippen LogP contribution in [-0.4, -0.2) is 16.2 Å². The van der Waals surface area contributed by atoms with Gasteiger partial charge in [0.2, 0.25) is 0 Å². The van der Waals surface area contributed by atoms with E-state index in [9.17, 15) is 4.79 Å². The first-order valence-corrected chi connectivity index (χ1v) is 9.93. The largest absolute Gasteiger partial charge is 0.492 e. The number of para-hydroxylation sites is 1. The Hall–Kier alpha value is -3.27. The van der Waals surface area contributed by atoms with Gasteiger partial charge >= 0.3 is 5.69 Å². The Morgan fingerprint density at radius 2 is 1.59 bits per heavy atom. The average Bonchev–Trinajstić information content (AvgIpc) is 3.03. The number of H-pyrrole nitrogens is 1. The van der Waals surface area contributed by atoms with Crippen molar-refractivity contribution in [2.75, 3.05) is 6.61 Å². The molecule has 4 heteroatoms. The summed E-state index contributed by atoms with van der Waals surface area (Å²) in [6, 6.07) is 24.4. The number of benzene rings is 3. The van der Waals surface area contributed by atoms with Gasteiger partial charge in [-0.1, -0.05) is 69.3 Å². The van der Waals surface area contributed by atoms with E-state index in [-0.39, 0.29) is 11.1 Å². The molecule has 1 N–H and O–H groups in total. The Labute approximate surface area is 170 Å². The van der Waals surface area contributed by atoms with E-state index < -0.39 is 0 Å². The van der Waals surface area contributed by atoms with Crippen molar-refractivity contribution in [3.05, 3.63) is 88.8 Å². The molecular formula is C25H26N2O2. The highest BCUT2D eigenvalue weighted by Crippen LogP contribution is 2.27. The van der Waals surface area contributed by atoms with Crippen LogP contribution in [0.2, 0.25) is 0 Å². The predicted molar refractivity (Wildman–Crippen MR) is 119 cm³/mol. The van der Waals surface area contributed by atoms with Crippen molar-refractivity contribution < 1.29 is 4.74 Å². The minimum absolute atomic E-state index is 0.114. The number of nitrogens with one attached hydrogen (secondary N) is 1. The van der Waals surface area contributed by atoms with Gasteiger partial charge in [0.1, 0.15) is 12.4 Å². The van der Waals surface area contributed by atoms with Crippen LogP contribution in [0.3, 0.4) is 0 Å². The number of hydrogen-bond acceptors (Lipinski definition) is 2. The van der Waals surface area contributed by atoms with Gasteiger partial charge in [0.25, 0.3) is 0 Å². The first-order valence-electron chi connectivity index (χ1n) is 9.93. The van der Waals surface area contributed by atoms with Gasteiger partial charge in [-0.2, -0.15) is 0 Å². The molecule has 0 aliphatic carbocycles. The maximum Gasteiger partial charge on any atom is 0.326 e. The van der Waals surface area contributed by atoms with Gasteiger partial charge in [-0.25, -0.2) is 4.79 Å². The summed E-state index contributed by atoms with van der Waals surface area (Å²) in [6.45, 7) is 7.56. The smallest absolute Gasteiger partial charge is 0.326 e. The van der Waals surface area contributed by atoms with E-state index in [2.05, 4.69) is 56.1 Å². The Morgan fingerprint density at radius 1 is 0.897 bits per heavy atom. The summed E-state index contributed by atoms with van der Waals surface area (Å²) in [4.78, 5) is 15.4. The number of fused-ring (bicyclic) bond motifs is 1. The van der Waals surface area contributed by atoms with Crippen molar-refractivity contribution >= 4 is 11.0 Å². The van der Waals surface area contributed by atoms with Crippen LogP contribution in [0.4, 0.5) is 0 Å². The SMILES string of the molecule is CC(C)(C)c1ccc(-c2ccc3c(c2)[nH]c(=O)n3CCOc2ccccc2)cc1. The Kier molecular flexibility index (Phi) is 5.01. The van der Waals surface area contributed by atoms with Gasteiger partial charge in [0.15, 0.2) is 0 Å². The third kappa shape index (κ3) is 4.11. The van der Waals surface area contributed by atoms with Crippen LogP contribution in [0.1, 0.15) is 26.3 Å². The normalized spacial score (nSPS) is 11.7. The van der Waals surface area contributed by atoms with E-state index in [0.29, 0.717) is 13.2 Å². The fraction of sp³-hybridized carbons (Fsp3) is 0.240. The molecule has 0 aliphatic rings. The van der Waals surface area contributed by atoms with Crippen molar-refractivity contribution in [2.45, 2.75) is 32.7 Å². The van der Waals surface area contributed by atoms with Crippen molar-refractivity contribution in [1.29, 1.82) is 0 Å². The van der Waals surface area contributed by atoms with E-state index in [0.717, 1.165) is 27.9 Å². The summed E-state index contributed by atoms with van der Waals surface area (Å²) >= 11 is 0. The standard InChI is InChI=1S/C25H26N2O2/c1-25(2,3)20-12-9-18(10-13-20)19-11-14-23-22(17-19)26-24(28)27(23)15-16-29-21-7-5-4-6-8-21/h4-14,17H,15-16H2,1-3H3,(H,26,28). The number of aromatic nitrogens is 2. The van der Waals surface area contributed by atoms with E-state index in [1.165, 1.54) is 5.56 Å². The second kappa shape index (κ2) is 7.63. The molecule has 148 valence electrons. The molecule has 0 saturated carbocycles. The summed E-state index contributed by atoms with van der Waals surface area (Å²) in [5.74, 6) is 0.807. The molecule has 0 amide bonds. The fourth-order valence-electron chi connectivity index (χ4n) is 3.50. The minimum Gasteiger partial charge on any atom is -0.492 e. The third-order valence-electron chi connectivity index (χ3n) is 5.19. The lowest BCUT2D eigenvalue weighted by atomic mass is 9.86. The van der Waals surface area contributed by atoms with E-state index >= 15 is 0 Å². The summed E-state index contributed by atoms with van der Waals surface area (Å²) in [5, 5.41) is 0. The van der Waals surface area contributed by atoms with Gasteiger partial charge < -0.3 is 9.72 Å². The molecule has 0 saturated heterocycles. The maximum absolute atomic E-state index is 12.4. The molecule has 1 heterocycles. The zero-order chi connectivity index (χ0) is 20.4. The molecule has 0 radical (unpaired) electrons. The molecular weight excluding hydrogens is 360 g/mol. The average molecular weight is 386 g/mol. The zero-order valence-corrected chi connectivity index (χ0v) is 17.1. The van der Waals surface area contributed by atoms with E-state index in [1.54, 1.807) is 4.57 Å². The molecule has 0 fully saturated rings. The maximum atomic E-state index is 12.4. The number of hydrogen-bond donors (Lipinski definition) is 1. The van der Waals surface area contributed by atoms with Crippen molar-refractivity contribution in [3.8, 4) is 16.9 Å². The summed E-state index contributed by atoms with van der Waals surface area (Å²) < 4.78 is 7.47. The van der Waals surface area contributed by atoms with Crippen molar-refractivity contribution in [1.82, 2.24) is 9.55 Å². The summed E-state index contributed by atoms with van der Waals surface area (Å²) in [6.07, 6.45) is 0. The molecule has 0 aliphatic heterocycles. The van der Waals surface area contributed by atoms with Crippen molar-refractivity contribution in [2.24, 2.45) is 0 Å². The molecule has 4 nitrogen and oxygen atoms in total. The van der Waals surface area contributed by atoms with Crippen LogP contribution in [0.25, 0.3) is 22.2 Å². The van der Waals surface area contributed by atoms with Gasteiger partial charge in [-0.3, -0.25) is 4.57 Å². The van der Waals surface area contributed by atoms with Gasteiger partial charge in [-0.05, 0) is 46.4 Å². The second-order valence-electron chi connectivity index (χ2n) is 8.30. The molecule has 0 bridgehead atoms. The first kappa shape index (κ1) is 19.1. The number of nitrogens with zero attached hydrogens (tertiary/aromatic N) is 1. The first-order chi connectivity index (χ1) is 13.9. The lowest BCUT2D eigenvalue weighted by Crippen LogP contribution is -2.20. The van der Waals surface area contributed by atoms with Crippen LogP contribution in [0.5, 0.6) is 5.75 Å². The minimum atomic E-state index is -0.114. The molecule has 0 unspecified atom stereocenters. The Morgan fingerprint density at radius 3 is 2.28 bits per heavy atom. The molecule has 4 rings (SSSR count). The number of imidazole rings is 1. The molecule has 29 heavy (non-hydrogen) atoms. The van der Waals surface area contributed by atoms with E-state index in [1.807, 2.05) is 42.5 Å². The molecule has 1 aromatic heterocycles. The quantitative estimate of drug-likeness (QED) is 0.501. The lowest BCUT2D eigenvalue weighted by molar-refractivity contribution is 0.298. The molecule has 3 aromatic carbocycles. The van der Waals surface area contributed by atoms with Crippen LogP contribution >= 0.6 is 0 Å². The highest BCUT2D eigenvalue weighted by Gasteiger charge is 2.13. The number of rotatable bonds is 5. The Bertz CT molecular complexity index is 1160. The summed E-state index contributed by atoms with van der Waals surface area (Å²) in [5.41, 5.74) is 5.28. The Balaban J connectivity index is 1.55. The highest BCUT2D eigenvalue weighted by atomic mass is 16.5. The predicted octanol–water partition coefficient (Wildman–Crippen LogP) is 5.37. The fourth-order valence-corrected chi connectivity index (χ4v) is 3.50. The molecule has 0 spiro atoms. The van der Waals surface area contributed by atoms with Crippen LogP contribution in [0.15, 0.2) is 77.6 Å². The van der Waals surface area contributed by atoms with Gasteiger partial charge in [0.05, 0.1) is 17.6 Å². The number of ether oxygens (including phenoxy) is 1. The van der Waals surface area contributed by atoms with Gasteiger partial charge in [0, 0.05) is 0 Å². The molecule has 0 atom stereocenters.